The molecule has 0 amide bonds. The number of likely N-dealkylation sites (tertiary alicyclic amines) is 1. The van der Waals surface area contributed by atoms with E-state index < -0.39 is 0 Å². The first kappa shape index (κ1) is 11.1. The van der Waals surface area contributed by atoms with Gasteiger partial charge in [-0.2, -0.15) is 0 Å². The van der Waals surface area contributed by atoms with E-state index in [9.17, 15) is 0 Å². The largest absolute Gasteiger partial charge is 0.326 e. The molecule has 2 unspecified atom stereocenters. The van der Waals surface area contributed by atoms with E-state index in [1.807, 2.05) is 11.3 Å². The van der Waals surface area contributed by atoms with Crippen molar-refractivity contribution in [3.8, 4) is 0 Å². The Morgan fingerprint density at radius 2 is 2.20 bits per heavy atom. The fraction of sp³-hybridized carbons (Fsp3) is 0.667. The third-order valence-electron chi connectivity index (χ3n) is 3.20. The smallest absolute Gasteiger partial charge is 0.0596 e. The number of rotatable bonds is 2. The van der Waals surface area contributed by atoms with Gasteiger partial charge in [-0.15, -0.1) is 11.3 Å². The Kier molecular flexibility index (Phi) is 3.14. The van der Waals surface area contributed by atoms with Crippen molar-refractivity contribution in [2.75, 3.05) is 6.54 Å². The summed E-state index contributed by atoms with van der Waals surface area (Å²) < 4.78 is 0. The number of nitrogens with two attached hydrogens (primary N) is 1. The van der Waals surface area contributed by atoms with Crippen molar-refractivity contribution >= 4 is 11.3 Å². The average molecular weight is 224 g/mol. The molecule has 2 atom stereocenters. The average Bonchev–Trinajstić information content (AvgIpc) is 2.71. The maximum absolute atomic E-state index is 6.21. The first-order valence-electron chi connectivity index (χ1n) is 5.67. The van der Waals surface area contributed by atoms with E-state index in [4.69, 9.17) is 5.73 Å². The molecule has 0 bridgehead atoms. The molecule has 15 heavy (non-hydrogen) atoms. The van der Waals surface area contributed by atoms with Crippen LogP contribution in [-0.2, 0) is 0 Å². The van der Waals surface area contributed by atoms with Gasteiger partial charge in [0.15, 0.2) is 0 Å². The van der Waals surface area contributed by atoms with Crippen molar-refractivity contribution < 1.29 is 0 Å². The summed E-state index contributed by atoms with van der Waals surface area (Å²) in [5, 5.41) is 0. The molecule has 2 N–H and O–H groups in total. The molecule has 0 spiro atoms. The van der Waals surface area contributed by atoms with Crippen molar-refractivity contribution in [2.45, 2.75) is 45.3 Å². The second-order valence-electron chi connectivity index (χ2n) is 4.68. The summed E-state index contributed by atoms with van der Waals surface area (Å²) in [4.78, 5) is 5.34. The van der Waals surface area contributed by atoms with Crippen LogP contribution in [0.4, 0.5) is 0 Å². The van der Waals surface area contributed by atoms with Gasteiger partial charge in [-0.1, -0.05) is 0 Å². The molecule has 1 saturated heterocycles. The molecule has 2 nitrogen and oxygen atoms in total. The van der Waals surface area contributed by atoms with E-state index in [-0.39, 0.29) is 0 Å². The molecule has 3 heteroatoms. The number of hydrogen-bond donors (Lipinski definition) is 1. The third kappa shape index (κ3) is 2.10. The Hall–Kier alpha value is -0.380. The van der Waals surface area contributed by atoms with E-state index in [0.29, 0.717) is 18.1 Å². The predicted octanol–water partition coefficient (Wildman–Crippen LogP) is 2.54. The molecule has 0 radical (unpaired) electrons. The van der Waals surface area contributed by atoms with Gasteiger partial charge in [-0.05, 0) is 39.3 Å². The summed E-state index contributed by atoms with van der Waals surface area (Å²) in [6.07, 6.45) is 1.12. The molecule has 0 aliphatic carbocycles. The van der Waals surface area contributed by atoms with Crippen LogP contribution in [0.15, 0.2) is 12.1 Å². The van der Waals surface area contributed by atoms with Gasteiger partial charge < -0.3 is 5.73 Å². The van der Waals surface area contributed by atoms with Gasteiger partial charge in [0.05, 0.1) is 6.04 Å². The van der Waals surface area contributed by atoms with Gasteiger partial charge in [0.1, 0.15) is 0 Å². The highest BCUT2D eigenvalue weighted by molar-refractivity contribution is 7.12. The summed E-state index contributed by atoms with van der Waals surface area (Å²) in [6, 6.07) is 5.79. The highest BCUT2D eigenvalue weighted by atomic mass is 32.1. The summed E-state index contributed by atoms with van der Waals surface area (Å²) in [7, 11) is 0. The van der Waals surface area contributed by atoms with Crippen LogP contribution in [0, 0.1) is 6.92 Å². The zero-order valence-electron chi connectivity index (χ0n) is 9.73. The van der Waals surface area contributed by atoms with E-state index >= 15 is 0 Å². The Labute approximate surface area is 96.1 Å². The number of aryl methyl sites for hydroxylation is 1. The van der Waals surface area contributed by atoms with Crippen LogP contribution in [-0.4, -0.2) is 23.5 Å². The molecule has 2 rings (SSSR count). The van der Waals surface area contributed by atoms with Crippen LogP contribution in [0.5, 0.6) is 0 Å². The van der Waals surface area contributed by atoms with Gasteiger partial charge in [-0.3, -0.25) is 4.90 Å². The number of thiophene rings is 1. The summed E-state index contributed by atoms with van der Waals surface area (Å²) in [5.74, 6) is 0. The van der Waals surface area contributed by atoms with Crippen molar-refractivity contribution in [3.63, 3.8) is 0 Å². The Bertz CT molecular complexity index is 332. The zero-order chi connectivity index (χ0) is 11.0. The fourth-order valence-electron chi connectivity index (χ4n) is 2.41. The number of hydrogen-bond acceptors (Lipinski definition) is 3. The second-order valence-corrected chi connectivity index (χ2v) is 6.00. The lowest BCUT2D eigenvalue weighted by Crippen LogP contribution is -2.35. The van der Waals surface area contributed by atoms with Gasteiger partial charge in [0, 0.05) is 28.4 Å². The van der Waals surface area contributed by atoms with Crippen LogP contribution < -0.4 is 5.73 Å². The number of nitrogens with zero attached hydrogens (tertiary/aromatic N) is 1. The normalized spacial score (nSPS) is 27.8. The van der Waals surface area contributed by atoms with Crippen molar-refractivity contribution in [1.29, 1.82) is 0 Å². The van der Waals surface area contributed by atoms with Gasteiger partial charge in [0.2, 0.25) is 0 Å². The van der Waals surface area contributed by atoms with E-state index in [1.165, 1.54) is 9.75 Å². The first-order chi connectivity index (χ1) is 7.09. The second kappa shape index (κ2) is 4.24. The van der Waals surface area contributed by atoms with E-state index in [1.54, 1.807) is 0 Å². The maximum Gasteiger partial charge on any atom is 0.0596 e. The zero-order valence-corrected chi connectivity index (χ0v) is 10.6. The standard InChI is InChI=1S/C12H20N2S/c1-8(2)14-7-6-10(13)12(14)11-5-4-9(3)15-11/h4-5,8,10,12H,6-7,13H2,1-3H3. The quantitative estimate of drug-likeness (QED) is 0.836. The van der Waals surface area contributed by atoms with Crippen molar-refractivity contribution in [3.05, 3.63) is 21.9 Å². The topological polar surface area (TPSA) is 29.3 Å². The molecule has 0 saturated carbocycles. The molecule has 2 heterocycles. The van der Waals surface area contributed by atoms with Crippen molar-refractivity contribution in [2.24, 2.45) is 5.73 Å². The molecule has 1 aromatic rings. The molecular weight excluding hydrogens is 204 g/mol. The van der Waals surface area contributed by atoms with Gasteiger partial charge in [0.25, 0.3) is 0 Å². The van der Waals surface area contributed by atoms with Gasteiger partial charge >= 0.3 is 0 Å². The van der Waals surface area contributed by atoms with Crippen molar-refractivity contribution in [1.82, 2.24) is 4.90 Å². The minimum absolute atomic E-state index is 0.311. The molecular formula is C12H20N2S. The fourth-order valence-corrected chi connectivity index (χ4v) is 3.48. The Morgan fingerprint density at radius 3 is 2.73 bits per heavy atom. The molecule has 84 valence electrons. The van der Waals surface area contributed by atoms with Gasteiger partial charge in [-0.25, -0.2) is 0 Å². The molecule has 1 aromatic heterocycles. The lowest BCUT2D eigenvalue weighted by atomic mass is 10.1. The highest BCUT2D eigenvalue weighted by Gasteiger charge is 2.34. The Balaban J connectivity index is 2.24. The summed E-state index contributed by atoms with van der Waals surface area (Å²) in [5.41, 5.74) is 6.21. The minimum Gasteiger partial charge on any atom is -0.326 e. The van der Waals surface area contributed by atoms with E-state index in [2.05, 4.69) is 37.8 Å². The SMILES string of the molecule is Cc1ccc(C2C(N)CCN2C(C)C)s1. The third-order valence-corrected chi connectivity index (χ3v) is 4.27. The van der Waals surface area contributed by atoms with E-state index in [0.717, 1.165) is 13.0 Å². The molecule has 0 aromatic carbocycles. The minimum atomic E-state index is 0.311. The first-order valence-corrected chi connectivity index (χ1v) is 6.49. The Morgan fingerprint density at radius 1 is 1.47 bits per heavy atom. The van der Waals surface area contributed by atoms with Crippen LogP contribution in [0.25, 0.3) is 0 Å². The highest BCUT2D eigenvalue weighted by Crippen LogP contribution is 2.36. The van der Waals surface area contributed by atoms with Crippen LogP contribution in [0.3, 0.4) is 0 Å². The lowest BCUT2D eigenvalue weighted by molar-refractivity contribution is 0.201. The van der Waals surface area contributed by atoms with Crippen LogP contribution in [0.1, 0.15) is 36.1 Å². The lowest BCUT2D eigenvalue weighted by Gasteiger charge is -2.29. The maximum atomic E-state index is 6.21. The summed E-state index contributed by atoms with van der Waals surface area (Å²) in [6.45, 7) is 7.81. The molecule has 1 aliphatic heterocycles. The predicted molar refractivity (Wildman–Crippen MR) is 66.2 cm³/mol. The summed E-state index contributed by atoms with van der Waals surface area (Å²) >= 11 is 1.89. The van der Waals surface area contributed by atoms with Crippen LogP contribution >= 0.6 is 11.3 Å². The monoisotopic (exact) mass is 224 g/mol. The van der Waals surface area contributed by atoms with Crippen LogP contribution in [0.2, 0.25) is 0 Å². The molecule has 1 aliphatic rings. The molecule has 1 fully saturated rings.